The van der Waals surface area contributed by atoms with Gasteiger partial charge in [-0.1, -0.05) is 30.3 Å². The maximum Gasteiger partial charge on any atom is 0.251 e. The number of hydrogen-bond donors (Lipinski definition) is 1. The van der Waals surface area contributed by atoms with Gasteiger partial charge in [-0.25, -0.2) is 4.98 Å². The molecule has 0 radical (unpaired) electrons. The molecule has 5 heteroatoms. The van der Waals surface area contributed by atoms with Crippen molar-refractivity contribution in [2.24, 2.45) is 0 Å². The van der Waals surface area contributed by atoms with E-state index >= 15 is 0 Å². The highest BCUT2D eigenvalue weighted by Gasteiger charge is 2.10. The van der Waals surface area contributed by atoms with Gasteiger partial charge < -0.3 is 10.1 Å². The lowest BCUT2D eigenvalue weighted by Crippen LogP contribution is -2.25. The first-order valence-corrected chi connectivity index (χ1v) is 8.57. The standard InChI is InChI=1S/C19H18N2O2S/c1-23-17-10-6-5-9-16(17)19-21-15(13-24-19)11-12-20-18(22)14-7-3-2-4-8-14/h2-10,13H,11-12H2,1H3,(H,20,22). The third kappa shape index (κ3) is 3.81. The van der Waals surface area contributed by atoms with Gasteiger partial charge in [0.2, 0.25) is 0 Å². The number of thiazole rings is 1. The molecule has 122 valence electrons. The van der Waals surface area contributed by atoms with Crippen LogP contribution in [0.25, 0.3) is 10.6 Å². The van der Waals surface area contributed by atoms with Gasteiger partial charge in [0, 0.05) is 23.9 Å². The highest BCUT2D eigenvalue weighted by molar-refractivity contribution is 7.13. The molecule has 0 atom stereocenters. The Morgan fingerprint density at radius 3 is 2.67 bits per heavy atom. The first-order chi connectivity index (χ1) is 11.8. The highest BCUT2D eigenvalue weighted by atomic mass is 32.1. The van der Waals surface area contributed by atoms with Crippen LogP contribution in [0.4, 0.5) is 0 Å². The number of nitrogens with zero attached hydrogens (tertiary/aromatic N) is 1. The van der Waals surface area contributed by atoms with Crippen molar-refractivity contribution in [1.82, 2.24) is 10.3 Å². The summed E-state index contributed by atoms with van der Waals surface area (Å²) >= 11 is 1.58. The number of hydrogen-bond acceptors (Lipinski definition) is 4. The second kappa shape index (κ2) is 7.75. The molecule has 1 heterocycles. The lowest BCUT2D eigenvalue weighted by Gasteiger charge is -2.05. The molecule has 0 fully saturated rings. The minimum atomic E-state index is -0.0595. The Kier molecular flexibility index (Phi) is 5.23. The molecule has 24 heavy (non-hydrogen) atoms. The van der Waals surface area contributed by atoms with Gasteiger partial charge in [-0.2, -0.15) is 0 Å². The van der Waals surface area contributed by atoms with Gasteiger partial charge in [0.1, 0.15) is 10.8 Å². The zero-order chi connectivity index (χ0) is 16.8. The van der Waals surface area contributed by atoms with Crippen LogP contribution in [0.3, 0.4) is 0 Å². The molecule has 0 saturated carbocycles. The van der Waals surface area contributed by atoms with Gasteiger partial charge in [-0.3, -0.25) is 4.79 Å². The van der Waals surface area contributed by atoms with E-state index < -0.39 is 0 Å². The van der Waals surface area contributed by atoms with Gasteiger partial charge in [0.05, 0.1) is 18.4 Å². The van der Waals surface area contributed by atoms with Crippen LogP contribution in [0, 0.1) is 0 Å². The fraction of sp³-hybridized carbons (Fsp3) is 0.158. The maximum absolute atomic E-state index is 12.0. The number of aromatic nitrogens is 1. The minimum absolute atomic E-state index is 0.0595. The third-order valence-electron chi connectivity index (χ3n) is 3.59. The van der Waals surface area contributed by atoms with Gasteiger partial charge in [-0.05, 0) is 24.3 Å². The number of carbonyl (C=O) groups excluding carboxylic acids is 1. The first kappa shape index (κ1) is 16.2. The molecule has 3 rings (SSSR count). The Balaban J connectivity index is 1.60. The van der Waals surface area contributed by atoms with Crippen molar-refractivity contribution in [3.05, 3.63) is 71.2 Å². The fourth-order valence-corrected chi connectivity index (χ4v) is 3.25. The molecular weight excluding hydrogens is 320 g/mol. The van der Waals surface area contributed by atoms with Crippen LogP contribution in [0.1, 0.15) is 16.1 Å². The maximum atomic E-state index is 12.0. The number of nitrogens with one attached hydrogen (secondary N) is 1. The van der Waals surface area contributed by atoms with E-state index in [1.54, 1.807) is 30.6 Å². The van der Waals surface area contributed by atoms with Crippen molar-refractivity contribution in [1.29, 1.82) is 0 Å². The summed E-state index contributed by atoms with van der Waals surface area (Å²) in [5.74, 6) is 0.756. The molecule has 0 saturated heterocycles. The highest BCUT2D eigenvalue weighted by Crippen LogP contribution is 2.31. The van der Waals surface area contributed by atoms with Gasteiger partial charge in [0.15, 0.2) is 0 Å². The number of methoxy groups -OCH3 is 1. The number of para-hydroxylation sites is 1. The number of carbonyl (C=O) groups is 1. The molecule has 1 amide bonds. The predicted molar refractivity (Wildman–Crippen MR) is 96.6 cm³/mol. The third-order valence-corrected chi connectivity index (χ3v) is 4.52. The van der Waals surface area contributed by atoms with Crippen molar-refractivity contribution >= 4 is 17.2 Å². The van der Waals surface area contributed by atoms with Crippen LogP contribution < -0.4 is 10.1 Å². The van der Waals surface area contributed by atoms with Gasteiger partial charge >= 0.3 is 0 Å². The summed E-state index contributed by atoms with van der Waals surface area (Å²) in [7, 11) is 1.66. The van der Waals surface area contributed by atoms with E-state index in [1.807, 2.05) is 47.8 Å². The summed E-state index contributed by atoms with van der Waals surface area (Å²) < 4.78 is 5.38. The van der Waals surface area contributed by atoms with Crippen molar-refractivity contribution in [3.63, 3.8) is 0 Å². The Morgan fingerprint density at radius 1 is 1.12 bits per heavy atom. The van der Waals surface area contributed by atoms with E-state index in [0.717, 1.165) is 22.0 Å². The number of benzene rings is 2. The van der Waals surface area contributed by atoms with Gasteiger partial charge in [-0.15, -0.1) is 11.3 Å². The first-order valence-electron chi connectivity index (χ1n) is 7.69. The molecule has 0 aliphatic heterocycles. The SMILES string of the molecule is COc1ccccc1-c1nc(CCNC(=O)c2ccccc2)cs1. The summed E-state index contributed by atoms with van der Waals surface area (Å²) in [6.45, 7) is 0.558. The molecule has 1 aromatic heterocycles. The fourth-order valence-electron chi connectivity index (χ4n) is 2.36. The number of amides is 1. The molecule has 0 aliphatic rings. The lowest BCUT2D eigenvalue weighted by molar-refractivity contribution is 0.0954. The van der Waals surface area contributed by atoms with Crippen molar-refractivity contribution < 1.29 is 9.53 Å². The molecule has 0 spiro atoms. The quantitative estimate of drug-likeness (QED) is 0.744. The molecule has 0 unspecified atom stereocenters. The van der Waals surface area contributed by atoms with Crippen molar-refractivity contribution in [3.8, 4) is 16.3 Å². The minimum Gasteiger partial charge on any atom is -0.496 e. The average Bonchev–Trinajstić information content (AvgIpc) is 3.11. The van der Waals surface area contributed by atoms with E-state index in [2.05, 4.69) is 10.3 Å². The Hall–Kier alpha value is -2.66. The summed E-state index contributed by atoms with van der Waals surface area (Å²) in [6, 6.07) is 17.1. The lowest BCUT2D eigenvalue weighted by atomic mass is 10.2. The molecular formula is C19H18N2O2S. The van der Waals surface area contributed by atoms with E-state index in [9.17, 15) is 4.79 Å². The summed E-state index contributed by atoms with van der Waals surface area (Å²) in [5.41, 5.74) is 2.63. The van der Waals surface area contributed by atoms with Crippen LogP contribution in [0.5, 0.6) is 5.75 Å². The smallest absolute Gasteiger partial charge is 0.251 e. The van der Waals surface area contributed by atoms with E-state index in [1.165, 1.54) is 0 Å². The molecule has 0 aliphatic carbocycles. The van der Waals surface area contributed by atoms with Crippen molar-refractivity contribution in [2.75, 3.05) is 13.7 Å². The molecule has 0 bridgehead atoms. The van der Waals surface area contributed by atoms with Crippen LogP contribution in [0.2, 0.25) is 0 Å². The van der Waals surface area contributed by atoms with Crippen LogP contribution >= 0.6 is 11.3 Å². The zero-order valence-electron chi connectivity index (χ0n) is 13.4. The van der Waals surface area contributed by atoms with Crippen molar-refractivity contribution in [2.45, 2.75) is 6.42 Å². The molecule has 4 nitrogen and oxygen atoms in total. The average molecular weight is 338 g/mol. The van der Waals surface area contributed by atoms with Crippen LogP contribution in [-0.2, 0) is 6.42 Å². The largest absolute Gasteiger partial charge is 0.496 e. The molecule has 3 aromatic rings. The molecule has 2 aromatic carbocycles. The summed E-state index contributed by atoms with van der Waals surface area (Å²) in [4.78, 5) is 16.6. The number of ether oxygens (including phenoxy) is 1. The predicted octanol–water partition coefficient (Wildman–Crippen LogP) is 3.79. The summed E-state index contributed by atoms with van der Waals surface area (Å²) in [5, 5.41) is 5.87. The zero-order valence-corrected chi connectivity index (χ0v) is 14.2. The van der Waals surface area contributed by atoms with Crippen LogP contribution in [-0.4, -0.2) is 24.5 Å². The Bertz CT molecular complexity index is 815. The molecule has 1 N–H and O–H groups in total. The topological polar surface area (TPSA) is 51.2 Å². The van der Waals surface area contributed by atoms with Crippen LogP contribution in [0.15, 0.2) is 60.0 Å². The summed E-state index contributed by atoms with van der Waals surface area (Å²) in [6.07, 6.45) is 0.699. The number of rotatable bonds is 6. The second-order valence-electron chi connectivity index (χ2n) is 5.22. The van der Waals surface area contributed by atoms with E-state index in [0.29, 0.717) is 18.5 Å². The Morgan fingerprint density at radius 2 is 1.88 bits per heavy atom. The second-order valence-corrected chi connectivity index (χ2v) is 6.07. The van der Waals surface area contributed by atoms with E-state index in [4.69, 9.17) is 4.74 Å². The Labute approximate surface area is 145 Å². The normalized spacial score (nSPS) is 10.4. The van der Waals surface area contributed by atoms with Gasteiger partial charge in [0.25, 0.3) is 5.91 Å². The van der Waals surface area contributed by atoms with E-state index in [-0.39, 0.29) is 5.91 Å². The monoisotopic (exact) mass is 338 g/mol.